The van der Waals surface area contributed by atoms with Crippen molar-refractivity contribution in [2.24, 2.45) is 10.9 Å². The van der Waals surface area contributed by atoms with Crippen molar-refractivity contribution in [3.8, 4) is 0 Å². The summed E-state index contributed by atoms with van der Waals surface area (Å²) in [6.45, 7) is 7.06. The molecular weight excluding hydrogens is 344 g/mol. The summed E-state index contributed by atoms with van der Waals surface area (Å²) in [5.41, 5.74) is -1.05. The zero-order valence-electron chi connectivity index (χ0n) is 13.7. The summed E-state index contributed by atoms with van der Waals surface area (Å²) in [6, 6.07) is 1.51. The van der Waals surface area contributed by atoms with Gasteiger partial charge in [-0.3, -0.25) is 4.79 Å². The van der Waals surface area contributed by atoms with Crippen molar-refractivity contribution in [2.45, 2.75) is 44.7 Å². The van der Waals surface area contributed by atoms with Gasteiger partial charge in [-0.1, -0.05) is 25.6 Å². The minimum Gasteiger partial charge on any atom is -0.358 e. The lowest BCUT2D eigenvalue weighted by Crippen LogP contribution is -2.34. The molecule has 3 nitrogen and oxygen atoms in total. The first-order valence-electron chi connectivity index (χ1n) is 7.40. The summed E-state index contributed by atoms with van der Waals surface area (Å²) in [4.78, 5) is 16.0. The van der Waals surface area contributed by atoms with Crippen LogP contribution in [0, 0.1) is 11.7 Å². The number of benzene rings is 1. The topological polar surface area (TPSA) is 41.5 Å². The predicted molar refractivity (Wildman–Crippen MR) is 86.2 cm³/mol. The van der Waals surface area contributed by atoms with E-state index in [0.717, 1.165) is 12.1 Å². The molecule has 1 unspecified atom stereocenters. The second-order valence-corrected chi connectivity index (χ2v) is 7.62. The third-order valence-electron chi connectivity index (χ3n) is 4.17. The van der Waals surface area contributed by atoms with Gasteiger partial charge in [0, 0.05) is 5.56 Å². The van der Waals surface area contributed by atoms with Crippen LogP contribution in [0.25, 0.3) is 0 Å². The van der Waals surface area contributed by atoms with Crippen LogP contribution in [-0.2, 0) is 11.0 Å². The lowest BCUT2D eigenvalue weighted by Gasteiger charge is -2.25. The van der Waals surface area contributed by atoms with E-state index < -0.39 is 28.3 Å². The number of aliphatic imine (C=N–C) groups is 1. The summed E-state index contributed by atoms with van der Waals surface area (Å²) in [5.74, 6) is -1.02. The molecule has 132 valence electrons. The Labute approximate surface area is 141 Å². The second-order valence-electron chi connectivity index (χ2n) is 6.19. The molecule has 0 radical (unpaired) electrons. The van der Waals surface area contributed by atoms with Gasteiger partial charge in [0.1, 0.15) is 10.6 Å². The molecule has 2 rings (SSSR count). The SMILES string of the molecule is CC(C)C1(C)SC(N[C@@H](C)c2cc(C(F)(F)F)ccc2F)=NC1=O. The molecule has 1 heterocycles. The van der Waals surface area contributed by atoms with Crippen LogP contribution in [0.4, 0.5) is 17.6 Å². The van der Waals surface area contributed by atoms with Crippen molar-refractivity contribution >= 4 is 22.8 Å². The summed E-state index contributed by atoms with van der Waals surface area (Å²) in [7, 11) is 0. The molecule has 1 aliphatic heterocycles. The molecule has 24 heavy (non-hydrogen) atoms. The van der Waals surface area contributed by atoms with Crippen LogP contribution in [-0.4, -0.2) is 15.8 Å². The molecule has 1 aliphatic rings. The smallest absolute Gasteiger partial charge is 0.358 e. The van der Waals surface area contributed by atoms with Crippen molar-refractivity contribution in [3.05, 3.63) is 35.1 Å². The summed E-state index contributed by atoms with van der Waals surface area (Å²) in [6.07, 6.45) is -4.55. The lowest BCUT2D eigenvalue weighted by molar-refractivity contribution is -0.137. The largest absolute Gasteiger partial charge is 0.416 e. The Hall–Kier alpha value is -1.57. The third-order valence-corrected chi connectivity index (χ3v) is 5.64. The quantitative estimate of drug-likeness (QED) is 0.803. The molecule has 1 aromatic carbocycles. The van der Waals surface area contributed by atoms with Crippen LogP contribution in [0.1, 0.15) is 44.9 Å². The molecule has 1 amide bonds. The molecule has 0 spiro atoms. The number of alkyl halides is 3. The van der Waals surface area contributed by atoms with Crippen LogP contribution >= 0.6 is 11.8 Å². The highest BCUT2D eigenvalue weighted by molar-refractivity contribution is 8.16. The zero-order chi connectivity index (χ0) is 18.3. The molecule has 0 saturated carbocycles. The number of amides is 1. The number of amidine groups is 1. The highest BCUT2D eigenvalue weighted by atomic mass is 32.2. The van der Waals surface area contributed by atoms with E-state index in [-0.39, 0.29) is 17.4 Å². The summed E-state index contributed by atoms with van der Waals surface area (Å²) in [5, 5.41) is 3.13. The predicted octanol–water partition coefficient (Wildman–Crippen LogP) is 4.54. The van der Waals surface area contributed by atoms with Gasteiger partial charge < -0.3 is 5.32 Å². The molecule has 1 N–H and O–H groups in total. The van der Waals surface area contributed by atoms with E-state index in [1.165, 1.54) is 18.7 Å². The lowest BCUT2D eigenvalue weighted by atomic mass is 9.96. The Kier molecular flexibility index (Phi) is 4.99. The monoisotopic (exact) mass is 362 g/mol. The number of nitrogens with zero attached hydrogens (tertiary/aromatic N) is 1. The molecule has 0 bridgehead atoms. The van der Waals surface area contributed by atoms with Crippen LogP contribution in [0.5, 0.6) is 0 Å². The Balaban J connectivity index is 2.21. The third kappa shape index (κ3) is 3.58. The molecule has 0 saturated heterocycles. The van der Waals surface area contributed by atoms with Gasteiger partial charge in [0.05, 0.1) is 11.6 Å². The van der Waals surface area contributed by atoms with E-state index in [4.69, 9.17) is 0 Å². The van der Waals surface area contributed by atoms with Gasteiger partial charge in [-0.2, -0.15) is 18.2 Å². The average Bonchev–Trinajstić information content (AvgIpc) is 2.73. The molecule has 1 aromatic rings. The van der Waals surface area contributed by atoms with Crippen LogP contribution in [0.3, 0.4) is 0 Å². The van der Waals surface area contributed by atoms with Gasteiger partial charge in [0.15, 0.2) is 5.17 Å². The maximum absolute atomic E-state index is 13.9. The molecule has 0 aromatic heterocycles. The fourth-order valence-corrected chi connectivity index (χ4v) is 3.35. The van der Waals surface area contributed by atoms with Gasteiger partial charge in [0.2, 0.25) is 0 Å². The highest BCUT2D eigenvalue weighted by Crippen LogP contribution is 2.40. The fourth-order valence-electron chi connectivity index (χ4n) is 2.21. The van der Waals surface area contributed by atoms with Crippen LogP contribution in [0.2, 0.25) is 0 Å². The van der Waals surface area contributed by atoms with Crippen molar-refractivity contribution in [2.75, 3.05) is 0 Å². The maximum atomic E-state index is 13.9. The van der Waals surface area contributed by atoms with Gasteiger partial charge in [-0.05, 0) is 38.0 Å². The number of carbonyl (C=O) groups excluding carboxylic acids is 1. The van der Waals surface area contributed by atoms with Crippen molar-refractivity contribution < 1.29 is 22.4 Å². The summed E-state index contributed by atoms with van der Waals surface area (Å²) >= 11 is 1.21. The van der Waals surface area contributed by atoms with E-state index in [1.54, 1.807) is 6.92 Å². The van der Waals surface area contributed by atoms with Crippen molar-refractivity contribution in [1.82, 2.24) is 5.32 Å². The van der Waals surface area contributed by atoms with E-state index in [2.05, 4.69) is 10.3 Å². The van der Waals surface area contributed by atoms with Crippen molar-refractivity contribution in [3.63, 3.8) is 0 Å². The van der Waals surface area contributed by atoms with Crippen LogP contribution < -0.4 is 5.32 Å². The number of hydrogen-bond donors (Lipinski definition) is 1. The Morgan fingerprint density at radius 1 is 1.25 bits per heavy atom. The van der Waals surface area contributed by atoms with E-state index >= 15 is 0 Å². The maximum Gasteiger partial charge on any atom is 0.416 e. The normalized spacial score (nSPS) is 22.7. The molecule has 2 atom stereocenters. The fraction of sp³-hybridized carbons (Fsp3) is 0.500. The van der Waals surface area contributed by atoms with E-state index in [1.807, 2.05) is 13.8 Å². The average molecular weight is 362 g/mol. The first-order valence-corrected chi connectivity index (χ1v) is 8.22. The van der Waals surface area contributed by atoms with E-state index in [0.29, 0.717) is 11.2 Å². The molecule has 0 fully saturated rings. The molecule has 0 aliphatic carbocycles. The standard InChI is InChI=1S/C16H18F4N2OS/c1-8(2)15(4)13(23)22-14(24-15)21-9(3)11-7-10(16(18,19)20)5-6-12(11)17/h5-9H,1-4H3,(H,21,22,23)/t9-,15?/m0/s1. The van der Waals surface area contributed by atoms with Gasteiger partial charge >= 0.3 is 6.18 Å². The number of halogens is 4. The van der Waals surface area contributed by atoms with Gasteiger partial charge in [-0.25, -0.2) is 4.39 Å². The minimum absolute atomic E-state index is 0.0265. The number of hydrogen-bond acceptors (Lipinski definition) is 3. The first kappa shape index (κ1) is 18.8. The number of carbonyl (C=O) groups is 1. The molecule has 8 heteroatoms. The van der Waals surface area contributed by atoms with Gasteiger partial charge in [-0.15, -0.1) is 0 Å². The number of rotatable bonds is 3. The van der Waals surface area contributed by atoms with Gasteiger partial charge in [0.25, 0.3) is 5.91 Å². The number of nitrogens with one attached hydrogen (secondary N) is 1. The second kappa shape index (κ2) is 6.38. The zero-order valence-corrected chi connectivity index (χ0v) is 14.5. The Morgan fingerprint density at radius 2 is 1.88 bits per heavy atom. The highest BCUT2D eigenvalue weighted by Gasteiger charge is 2.44. The van der Waals surface area contributed by atoms with Crippen LogP contribution in [0.15, 0.2) is 23.2 Å². The molecular formula is C16H18F4N2OS. The van der Waals surface area contributed by atoms with E-state index in [9.17, 15) is 22.4 Å². The minimum atomic E-state index is -4.55. The first-order chi connectivity index (χ1) is 10.9. The Morgan fingerprint density at radius 3 is 2.38 bits per heavy atom. The van der Waals surface area contributed by atoms with Crippen molar-refractivity contribution in [1.29, 1.82) is 0 Å². The summed E-state index contributed by atoms with van der Waals surface area (Å²) < 4.78 is 51.6. The Bertz CT molecular complexity index is 687. The number of thioether (sulfide) groups is 1.